The van der Waals surface area contributed by atoms with Crippen LogP contribution in [0, 0.1) is 0 Å². The van der Waals surface area contributed by atoms with Crippen LogP contribution in [-0.2, 0) is 9.84 Å². The van der Waals surface area contributed by atoms with Crippen molar-refractivity contribution in [1.82, 2.24) is 0 Å². The molecule has 0 radical (unpaired) electrons. The molecule has 0 fully saturated rings. The standard InChI is InChI=1S/C16H16O5S/c1-20-13-5-3-12(4-6-13)16(17)11-22(18,19)15-9-7-14(21-2)8-10-15/h3-10H,11H2,1-2H3. The lowest BCUT2D eigenvalue weighted by Crippen LogP contribution is -2.16. The summed E-state index contributed by atoms with van der Waals surface area (Å²) in [5.41, 5.74) is 0.331. The number of carbonyl (C=O) groups excluding carboxylic acids is 1. The third-order valence-corrected chi connectivity index (χ3v) is 4.78. The maximum absolute atomic E-state index is 12.3. The lowest BCUT2D eigenvalue weighted by Gasteiger charge is -2.06. The lowest BCUT2D eigenvalue weighted by atomic mass is 10.1. The van der Waals surface area contributed by atoms with Crippen molar-refractivity contribution < 1.29 is 22.7 Å². The van der Waals surface area contributed by atoms with Crippen LogP contribution in [0.25, 0.3) is 0 Å². The number of carbonyl (C=O) groups is 1. The van der Waals surface area contributed by atoms with Gasteiger partial charge >= 0.3 is 0 Å². The molecule has 0 aromatic heterocycles. The normalized spacial score (nSPS) is 11.0. The van der Waals surface area contributed by atoms with E-state index in [2.05, 4.69) is 0 Å². The maximum atomic E-state index is 12.3. The van der Waals surface area contributed by atoms with E-state index in [1.54, 1.807) is 36.4 Å². The van der Waals surface area contributed by atoms with Gasteiger partial charge in [0, 0.05) is 5.56 Å². The Bertz CT molecular complexity index is 746. The first kappa shape index (κ1) is 16.0. The van der Waals surface area contributed by atoms with Gasteiger partial charge in [0.2, 0.25) is 0 Å². The molecule has 0 amide bonds. The Morgan fingerprint density at radius 1 is 0.864 bits per heavy atom. The Balaban J connectivity index is 2.17. The van der Waals surface area contributed by atoms with Gasteiger partial charge in [-0.15, -0.1) is 0 Å². The monoisotopic (exact) mass is 320 g/mol. The fraction of sp³-hybridized carbons (Fsp3) is 0.188. The summed E-state index contributed by atoms with van der Waals surface area (Å²) in [6.45, 7) is 0. The maximum Gasteiger partial charge on any atom is 0.185 e. The van der Waals surface area contributed by atoms with Crippen molar-refractivity contribution in [1.29, 1.82) is 0 Å². The van der Waals surface area contributed by atoms with Gasteiger partial charge in [-0.05, 0) is 48.5 Å². The summed E-state index contributed by atoms with van der Waals surface area (Å²) in [4.78, 5) is 12.2. The number of hydrogen-bond acceptors (Lipinski definition) is 5. The molecule has 2 rings (SSSR count). The average Bonchev–Trinajstić information content (AvgIpc) is 2.54. The number of Topliss-reactive ketones (excluding diaryl/α,β-unsaturated/α-hetero) is 1. The predicted molar refractivity (Wildman–Crippen MR) is 82.4 cm³/mol. The van der Waals surface area contributed by atoms with E-state index in [1.165, 1.54) is 26.4 Å². The van der Waals surface area contributed by atoms with Crippen molar-refractivity contribution in [2.45, 2.75) is 4.90 Å². The van der Waals surface area contributed by atoms with Crippen LogP contribution in [0.15, 0.2) is 53.4 Å². The molecule has 0 saturated heterocycles. The highest BCUT2D eigenvalue weighted by molar-refractivity contribution is 7.92. The van der Waals surface area contributed by atoms with E-state index in [-0.39, 0.29) is 4.90 Å². The summed E-state index contributed by atoms with van der Waals surface area (Å²) in [6.07, 6.45) is 0. The first-order chi connectivity index (χ1) is 10.5. The van der Waals surface area contributed by atoms with Crippen LogP contribution in [0.5, 0.6) is 11.5 Å². The third-order valence-electron chi connectivity index (χ3n) is 3.15. The number of rotatable bonds is 6. The average molecular weight is 320 g/mol. The van der Waals surface area contributed by atoms with Crippen molar-refractivity contribution in [2.24, 2.45) is 0 Å². The van der Waals surface area contributed by atoms with Gasteiger partial charge < -0.3 is 9.47 Å². The second kappa shape index (κ2) is 6.62. The van der Waals surface area contributed by atoms with Gasteiger partial charge in [-0.1, -0.05) is 0 Å². The topological polar surface area (TPSA) is 69.7 Å². The van der Waals surface area contributed by atoms with E-state index < -0.39 is 21.4 Å². The zero-order valence-corrected chi connectivity index (χ0v) is 13.1. The van der Waals surface area contributed by atoms with E-state index in [1.807, 2.05) is 0 Å². The molecule has 5 nitrogen and oxygen atoms in total. The second-order valence-corrected chi connectivity index (χ2v) is 6.58. The van der Waals surface area contributed by atoms with Gasteiger partial charge in [0.15, 0.2) is 15.6 Å². The van der Waals surface area contributed by atoms with Gasteiger partial charge in [0.05, 0.1) is 19.1 Å². The van der Waals surface area contributed by atoms with Crippen molar-refractivity contribution in [3.05, 3.63) is 54.1 Å². The zero-order valence-electron chi connectivity index (χ0n) is 12.3. The highest BCUT2D eigenvalue weighted by Crippen LogP contribution is 2.18. The van der Waals surface area contributed by atoms with Crippen LogP contribution >= 0.6 is 0 Å². The van der Waals surface area contributed by atoms with Crippen LogP contribution in [-0.4, -0.2) is 34.2 Å². The molecule has 0 aliphatic rings. The number of sulfone groups is 1. The van der Waals surface area contributed by atoms with E-state index in [0.29, 0.717) is 17.1 Å². The van der Waals surface area contributed by atoms with Crippen LogP contribution in [0.3, 0.4) is 0 Å². The number of hydrogen-bond donors (Lipinski definition) is 0. The highest BCUT2D eigenvalue weighted by Gasteiger charge is 2.20. The molecule has 0 saturated carbocycles. The molecule has 0 aliphatic carbocycles. The third kappa shape index (κ3) is 3.65. The Kier molecular flexibility index (Phi) is 4.82. The molecule has 0 bridgehead atoms. The van der Waals surface area contributed by atoms with Crippen molar-refractivity contribution >= 4 is 15.6 Å². The van der Waals surface area contributed by atoms with Crippen molar-refractivity contribution in [3.8, 4) is 11.5 Å². The van der Waals surface area contributed by atoms with E-state index >= 15 is 0 Å². The molecule has 0 N–H and O–H groups in total. The summed E-state index contributed by atoms with van der Waals surface area (Å²) in [5.74, 6) is 0.125. The summed E-state index contributed by atoms with van der Waals surface area (Å²) in [5, 5.41) is 0. The van der Waals surface area contributed by atoms with Crippen LogP contribution < -0.4 is 9.47 Å². The zero-order chi connectivity index (χ0) is 16.2. The molecule has 6 heteroatoms. The minimum Gasteiger partial charge on any atom is -0.497 e. The summed E-state index contributed by atoms with van der Waals surface area (Å²) in [6, 6.07) is 12.3. The van der Waals surface area contributed by atoms with E-state index in [4.69, 9.17) is 9.47 Å². The lowest BCUT2D eigenvalue weighted by molar-refractivity contribution is 0.102. The Labute approximate surface area is 129 Å². The quantitative estimate of drug-likeness (QED) is 0.764. The number of ether oxygens (including phenoxy) is 2. The molecular weight excluding hydrogens is 304 g/mol. The molecule has 0 spiro atoms. The predicted octanol–water partition coefficient (Wildman–Crippen LogP) is 2.36. The van der Waals surface area contributed by atoms with E-state index in [0.717, 1.165) is 0 Å². The molecule has 116 valence electrons. The highest BCUT2D eigenvalue weighted by atomic mass is 32.2. The van der Waals surface area contributed by atoms with Gasteiger partial charge in [0.1, 0.15) is 17.3 Å². The molecule has 22 heavy (non-hydrogen) atoms. The molecule has 2 aromatic carbocycles. The molecule has 2 aromatic rings. The Morgan fingerprint density at radius 2 is 1.32 bits per heavy atom. The molecular formula is C16H16O5S. The first-order valence-electron chi connectivity index (χ1n) is 6.50. The van der Waals surface area contributed by atoms with E-state index in [9.17, 15) is 13.2 Å². The van der Waals surface area contributed by atoms with Gasteiger partial charge in [-0.2, -0.15) is 0 Å². The van der Waals surface area contributed by atoms with Crippen LogP contribution in [0.2, 0.25) is 0 Å². The SMILES string of the molecule is COc1ccc(C(=O)CS(=O)(=O)c2ccc(OC)cc2)cc1. The number of methoxy groups -OCH3 is 2. The Hall–Kier alpha value is -2.34. The summed E-state index contributed by atoms with van der Waals surface area (Å²) < 4.78 is 34.5. The van der Waals surface area contributed by atoms with Gasteiger partial charge in [-0.25, -0.2) is 8.42 Å². The fourth-order valence-electron chi connectivity index (χ4n) is 1.90. The Morgan fingerprint density at radius 3 is 1.77 bits per heavy atom. The van der Waals surface area contributed by atoms with Crippen molar-refractivity contribution in [3.63, 3.8) is 0 Å². The molecule has 0 aliphatic heterocycles. The molecule has 0 atom stereocenters. The molecule has 0 heterocycles. The minimum absolute atomic E-state index is 0.0927. The van der Waals surface area contributed by atoms with Crippen molar-refractivity contribution in [2.75, 3.05) is 20.0 Å². The summed E-state index contributed by atoms with van der Waals surface area (Å²) in [7, 11) is -0.669. The molecule has 0 unspecified atom stereocenters. The first-order valence-corrected chi connectivity index (χ1v) is 8.15. The second-order valence-electron chi connectivity index (χ2n) is 4.59. The fourth-order valence-corrected chi connectivity index (χ4v) is 3.13. The number of ketones is 1. The summed E-state index contributed by atoms with van der Waals surface area (Å²) >= 11 is 0. The van der Waals surface area contributed by atoms with Crippen LogP contribution in [0.1, 0.15) is 10.4 Å². The largest absolute Gasteiger partial charge is 0.497 e. The van der Waals surface area contributed by atoms with Gasteiger partial charge in [0.25, 0.3) is 0 Å². The number of benzene rings is 2. The van der Waals surface area contributed by atoms with Gasteiger partial charge in [-0.3, -0.25) is 4.79 Å². The smallest absolute Gasteiger partial charge is 0.185 e. The minimum atomic E-state index is -3.68. The van der Waals surface area contributed by atoms with Crippen LogP contribution in [0.4, 0.5) is 0 Å².